The number of hydrogen-bond donors (Lipinski definition) is 0. The average molecular weight is 636 g/mol. The zero-order valence-corrected chi connectivity index (χ0v) is 27.1. The van der Waals surface area contributed by atoms with Crippen molar-refractivity contribution in [1.82, 2.24) is 15.0 Å². The molecule has 10 rings (SSSR count). The van der Waals surface area contributed by atoms with Crippen LogP contribution in [0, 0.1) is 0 Å². The van der Waals surface area contributed by atoms with Crippen LogP contribution >= 0.6 is 0 Å². The Kier molecular flexibility index (Phi) is 6.49. The maximum Gasteiger partial charge on any atom is 0.0972 e. The van der Waals surface area contributed by atoms with Crippen molar-refractivity contribution in [3.05, 3.63) is 176 Å². The summed E-state index contributed by atoms with van der Waals surface area (Å²) in [6, 6.07) is 62.3. The van der Waals surface area contributed by atoms with E-state index in [1.165, 1.54) is 21.9 Å². The van der Waals surface area contributed by atoms with E-state index in [2.05, 4.69) is 170 Å². The van der Waals surface area contributed by atoms with Crippen molar-refractivity contribution in [3.8, 4) is 44.8 Å². The molecule has 50 heavy (non-hydrogen) atoms. The molecule has 0 N–H and O–H groups in total. The fourth-order valence-corrected chi connectivity index (χ4v) is 7.13. The minimum Gasteiger partial charge on any atom is -0.248 e. The monoisotopic (exact) mass is 635 g/mol. The van der Waals surface area contributed by atoms with E-state index < -0.39 is 0 Å². The molecule has 0 fully saturated rings. The molecule has 0 radical (unpaired) electrons. The lowest BCUT2D eigenvalue weighted by Gasteiger charge is -2.10. The summed E-state index contributed by atoms with van der Waals surface area (Å²) in [7, 11) is 0. The topological polar surface area (TPSA) is 38.7 Å². The first kappa shape index (κ1) is 28.3. The molecule has 3 heteroatoms. The number of para-hydroxylation sites is 1. The quantitative estimate of drug-likeness (QED) is 0.143. The molecule has 3 nitrogen and oxygen atoms in total. The second-order valence-electron chi connectivity index (χ2n) is 12.9. The van der Waals surface area contributed by atoms with Crippen LogP contribution < -0.4 is 0 Å². The van der Waals surface area contributed by atoms with E-state index in [4.69, 9.17) is 15.0 Å². The second kappa shape index (κ2) is 11.5. The third-order valence-corrected chi connectivity index (χ3v) is 9.77. The van der Waals surface area contributed by atoms with E-state index in [0.29, 0.717) is 0 Å². The Morgan fingerprint density at radius 1 is 0.240 bits per heavy atom. The lowest BCUT2D eigenvalue weighted by Crippen LogP contribution is -1.91. The number of benzene rings is 7. The van der Waals surface area contributed by atoms with Crippen molar-refractivity contribution < 1.29 is 0 Å². The van der Waals surface area contributed by atoms with Crippen molar-refractivity contribution in [2.45, 2.75) is 0 Å². The predicted octanol–water partition coefficient (Wildman–Crippen LogP) is 12.3. The van der Waals surface area contributed by atoms with Crippen molar-refractivity contribution in [3.63, 3.8) is 0 Å². The molecule has 0 atom stereocenters. The van der Waals surface area contributed by atoms with Gasteiger partial charge in [0, 0.05) is 32.7 Å². The van der Waals surface area contributed by atoms with Crippen LogP contribution in [0.2, 0.25) is 0 Å². The summed E-state index contributed by atoms with van der Waals surface area (Å²) in [6.07, 6.45) is 0. The van der Waals surface area contributed by atoms with Gasteiger partial charge in [-0.25, -0.2) is 15.0 Å². The smallest absolute Gasteiger partial charge is 0.0972 e. The summed E-state index contributed by atoms with van der Waals surface area (Å²) in [5.41, 5.74) is 12.5. The maximum atomic E-state index is 5.25. The first-order valence-electron chi connectivity index (χ1n) is 16.9. The van der Waals surface area contributed by atoms with E-state index in [9.17, 15) is 0 Å². The lowest BCUT2D eigenvalue weighted by atomic mass is 9.98. The Balaban J connectivity index is 1.03. The van der Waals surface area contributed by atoms with Crippen LogP contribution in [0.4, 0.5) is 0 Å². The van der Waals surface area contributed by atoms with Gasteiger partial charge in [-0.05, 0) is 87.6 Å². The Morgan fingerprint density at radius 3 is 1.40 bits per heavy atom. The molecule has 0 unspecified atom stereocenters. The van der Waals surface area contributed by atoms with Crippen molar-refractivity contribution in [2.24, 2.45) is 0 Å². The van der Waals surface area contributed by atoms with Gasteiger partial charge < -0.3 is 0 Å². The average Bonchev–Trinajstić information content (AvgIpc) is 3.19. The van der Waals surface area contributed by atoms with E-state index in [-0.39, 0.29) is 0 Å². The predicted molar refractivity (Wildman–Crippen MR) is 209 cm³/mol. The number of rotatable bonds is 4. The molecule has 0 bridgehead atoms. The van der Waals surface area contributed by atoms with E-state index >= 15 is 0 Å². The molecule has 0 aliphatic heterocycles. The van der Waals surface area contributed by atoms with Crippen LogP contribution in [-0.4, -0.2) is 15.0 Å². The Morgan fingerprint density at radius 2 is 0.720 bits per heavy atom. The first-order valence-corrected chi connectivity index (χ1v) is 16.9. The summed E-state index contributed by atoms with van der Waals surface area (Å²) in [5.74, 6) is 0. The van der Waals surface area contributed by atoms with E-state index in [0.717, 1.165) is 77.3 Å². The van der Waals surface area contributed by atoms with Gasteiger partial charge in [0.05, 0.1) is 33.5 Å². The molecular formula is C47H29N3. The van der Waals surface area contributed by atoms with Crippen LogP contribution in [0.3, 0.4) is 0 Å². The van der Waals surface area contributed by atoms with Gasteiger partial charge in [-0.3, -0.25) is 0 Å². The molecule has 7 aromatic carbocycles. The molecule has 3 aromatic heterocycles. The van der Waals surface area contributed by atoms with Crippen molar-refractivity contribution >= 4 is 54.4 Å². The Bertz CT molecular complexity index is 2940. The minimum atomic E-state index is 0.904. The first-order chi connectivity index (χ1) is 24.7. The lowest BCUT2D eigenvalue weighted by molar-refractivity contribution is 1.36. The molecule has 0 amide bonds. The summed E-state index contributed by atoms with van der Waals surface area (Å²) >= 11 is 0. The molecule has 0 saturated heterocycles. The number of hydrogen-bond acceptors (Lipinski definition) is 3. The van der Waals surface area contributed by atoms with Crippen molar-refractivity contribution in [2.75, 3.05) is 0 Å². The molecule has 0 saturated carbocycles. The van der Waals surface area contributed by atoms with Crippen LogP contribution in [0.1, 0.15) is 0 Å². The highest BCUT2D eigenvalue weighted by atomic mass is 14.8. The van der Waals surface area contributed by atoms with Crippen LogP contribution in [0.15, 0.2) is 176 Å². The van der Waals surface area contributed by atoms with Gasteiger partial charge in [0.2, 0.25) is 0 Å². The highest BCUT2D eigenvalue weighted by molar-refractivity contribution is 6.04. The fraction of sp³-hybridized carbons (Fsp3) is 0. The third kappa shape index (κ3) is 4.96. The van der Waals surface area contributed by atoms with Gasteiger partial charge in [-0.2, -0.15) is 0 Å². The second-order valence-corrected chi connectivity index (χ2v) is 12.9. The number of nitrogens with zero attached hydrogens (tertiary/aromatic N) is 3. The van der Waals surface area contributed by atoms with Crippen LogP contribution in [-0.2, 0) is 0 Å². The SMILES string of the molecule is c1cc(-c2ccc3ccccc3c2)cc(-c2ccc3ccc4ccc(-c5cccc(-c6ccc7nc8ccccc8cc7c6)c5)nc4c3n2)c1. The Hall–Kier alpha value is -6.71. The molecule has 0 aliphatic rings. The highest BCUT2D eigenvalue weighted by Crippen LogP contribution is 2.33. The molecule has 0 aliphatic carbocycles. The summed E-state index contributed by atoms with van der Waals surface area (Å²) in [4.78, 5) is 15.4. The summed E-state index contributed by atoms with van der Waals surface area (Å²) in [6.45, 7) is 0. The van der Waals surface area contributed by atoms with Gasteiger partial charge in [-0.1, -0.05) is 121 Å². The maximum absolute atomic E-state index is 5.25. The highest BCUT2D eigenvalue weighted by Gasteiger charge is 2.11. The number of pyridine rings is 3. The molecule has 232 valence electrons. The summed E-state index contributed by atoms with van der Waals surface area (Å²) < 4.78 is 0. The van der Waals surface area contributed by atoms with Gasteiger partial charge in [-0.15, -0.1) is 0 Å². The van der Waals surface area contributed by atoms with Crippen LogP contribution in [0.25, 0.3) is 99.2 Å². The standard InChI is InChI=1S/C47H29N3/c1-2-8-33-25-36(18-15-30(33)7-1)34-10-5-12-39(26-34)43-22-19-31-16-17-32-20-23-44(50-47(32)46(31)49-43)40-13-6-11-35(27-40)37-21-24-45-41(28-37)29-38-9-3-4-14-42(38)48-45/h1-29H. The molecule has 0 spiro atoms. The van der Waals surface area contributed by atoms with E-state index in [1.54, 1.807) is 0 Å². The zero-order valence-electron chi connectivity index (χ0n) is 27.1. The molecule has 3 heterocycles. The zero-order chi connectivity index (χ0) is 33.0. The van der Waals surface area contributed by atoms with Gasteiger partial charge >= 0.3 is 0 Å². The minimum absolute atomic E-state index is 0.904. The van der Waals surface area contributed by atoms with E-state index in [1.807, 2.05) is 6.07 Å². The molecular weight excluding hydrogens is 607 g/mol. The van der Waals surface area contributed by atoms with Gasteiger partial charge in [0.25, 0.3) is 0 Å². The van der Waals surface area contributed by atoms with Crippen molar-refractivity contribution in [1.29, 1.82) is 0 Å². The van der Waals surface area contributed by atoms with Crippen LogP contribution in [0.5, 0.6) is 0 Å². The van der Waals surface area contributed by atoms with Gasteiger partial charge in [0.1, 0.15) is 0 Å². The normalized spacial score (nSPS) is 11.6. The third-order valence-electron chi connectivity index (χ3n) is 9.77. The largest absolute Gasteiger partial charge is 0.248 e. The summed E-state index contributed by atoms with van der Waals surface area (Å²) in [5, 5.41) is 6.90. The fourth-order valence-electron chi connectivity index (χ4n) is 7.13. The Labute approximate surface area is 289 Å². The molecule has 10 aromatic rings. The van der Waals surface area contributed by atoms with Gasteiger partial charge in [0.15, 0.2) is 0 Å². The number of aromatic nitrogens is 3. The number of fused-ring (bicyclic) bond motifs is 6.